The molecule has 2 aromatic carbocycles. The van der Waals surface area contributed by atoms with Crippen molar-refractivity contribution in [3.8, 4) is 11.5 Å². The Balaban J connectivity index is 1.86. The lowest BCUT2D eigenvalue weighted by atomic mass is 10.1. The molecular weight excluding hydrogens is 540 g/mol. The molecule has 2 aromatic rings. The normalized spacial score (nSPS) is 22.1. The van der Waals surface area contributed by atoms with Crippen molar-refractivity contribution in [1.29, 1.82) is 0 Å². The molecule has 1 aliphatic heterocycles. The van der Waals surface area contributed by atoms with Crippen LogP contribution in [0.1, 0.15) is 22.3 Å². The van der Waals surface area contributed by atoms with Gasteiger partial charge in [-0.05, 0) is 35.4 Å². The van der Waals surface area contributed by atoms with Crippen molar-refractivity contribution < 1.29 is 61.1 Å². The molecule has 42 heavy (non-hydrogen) atoms. The van der Waals surface area contributed by atoms with Crippen LogP contribution in [0.25, 0.3) is 0 Å². The predicted molar refractivity (Wildman–Crippen MR) is 149 cm³/mol. The minimum atomic E-state index is -1.13. The summed E-state index contributed by atoms with van der Waals surface area (Å²) in [6.07, 6.45) is 1.65. The maximum Gasteiger partial charge on any atom is 0.127 e. The second-order valence-electron chi connectivity index (χ2n) is 11.6. The number of carbonyl (C=O) groups is 2. The number of rotatable bonds is 12. The summed E-state index contributed by atoms with van der Waals surface area (Å²) in [6, 6.07) is 11.4. The number of benzene rings is 2. The van der Waals surface area contributed by atoms with Crippen molar-refractivity contribution in [1.82, 2.24) is 0 Å². The Morgan fingerprint density at radius 1 is 0.619 bits per heavy atom. The summed E-state index contributed by atoms with van der Waals surface area (Å²) in [5.74, 6) is -1.76. The van der Waals surface area contributed by atoms with E-state index in [4.69, 9.17) is 0 Å². The number of carboxylic acids is 2. The molecule has 4 atom stereocenters. The van der Waals surface area contributed by atoms with Gasteiger partial charge in [0, 0.05) is 24.0 Å². The number of phenolic OH excluding ortho intramolecular Hbond substituents is 2. The van der Waals surface area contributed by atoms with Gasteiger partial charge in [-0.1, -0.05) is 12.1 Å². The highest BCUT2D eigenvalue weighted by atomic mass is 16.4. The number of carboxylic acid groups (broad SMARTS) is 2. The van der Waals surface area contributed by atoms with E-state index in [0.29, 0.717) is 52.4 Å². The average molecular weight is 591 g/mol. The molecule has 0 aliphatic carbocycles. The molecule has 0 amide bonds. The van der Waals surface area contributed by atoms with Crippen LogP contribution in [0.15, 0.2) is 36.4 Å². The molecule has 3 rings (SSSR count). The Morgan fingerprint density at radius 2 is 0.952 bits per heavy atom. The first-order valence-electron chi connectivity index (χ1n) is 15.1. The van der Waals surface area contributed by atoms with Crippen LogP contribution < -0.4 is 41.3 Å². The van der Waals surface area contributed by atoms with Crippen LogP contribution in [0.3, 0.4) is 0 Å². The molecule has 1 aliphatic rings. The summed E-state index contributed by atoms with van der Waals surface area (Å²) < 4.78 is 0. The molecule has 0 spiro atoms. The van der Waals surface area contributed by atoms with Gasteiger partial charge >= 0.3 is 0 Å². The standard InChI is InChI=1S/C30H46N6O6/c31-7-5-23-1-3-27(37)25(17-23)19-33-9-10-34(20-26-18-24(6-8-32)2-4-28(26)38)12-14-36(22-30(41)42)16-15-35(13-11-33)21-29(39)40/h1-4,17-18,37-38H,5-16,19-22,31-32H2,(H,39,40)(H,41,42)/p+4. The molecule has 12 heteroatoms. The van der Waals surface area contributed by atoms with Crippen LogP contribution in [-0.4, -0.2) is 101 Å². The molecule has 0 aromatic heterocycles. The van der Waals surface area contributed by atoms with E-state index in [1.807, 2.05) is 24.3 Å². The molecule has 12 N–H and O–H groups in total. The second kappa shape index (κ2) is 17.0. The van der Waals surface area contributed by atoms with E-state index < -0.39 is 11.9 Å². The number of hydrogen-bond acceptors (Lipinski definition) is 6. The summed E-state index contributed by atoms with van der Waals surface area (Å²) in [4.78, 5) is 27.2. The van der Waals surface area contributed by atoms with E-state index in [1.165, 1.54) is 9.80 Å². The number of aliphatic carboxylic acids is 2. The summed E-state index contributed by atoms with van der Waals surface area (Å²) in [5.41, 5.74) is 11.8. The van der Waals surface area contributed by atoms with Crippen LogP contribution in [0.2, 0.25) is 0 Å². The van der Waals surface area contributed by atoms with Crippen LogP contribution in [0, 0.1) is 0 Å². The van der Waals surface area contributed by atoms with Gasteiger partial charge in [-0.2, -0.15) is 0 Å². The zero-order valence-electron chi connectivity index (χ0n) is 24.7. The van der Waals surface area contributed by atoms with Gasteiger partial charge in [-0.25, -0.2) is 0 Å². The number of phenols is 2. The third-order valence-corrected chi connectivity index (χ3v) is 8.22. The topological polar surface area (TPSA) is 194 Å². The lowest BCUT2D eigenvalue weighted by Crippen LogP contribution is -3.28. The summed E-state index contributed by atoms with van der Waals surface area (Å²) in [7, 11) is 0. The second-order valence-corrected chi connectivity index (χ2v) is 11.6. The fourth-order valence-corrected chi connectivity index (χ4v) is 5.85. The van der Waals surface area contributed by atoms with E-state index in [-0.39, 0.29) is 24.6 Å². The molecule has 0 saturated carbocycles. The van der Waals surface area contributed by atoms with Gasteiger partial charge in [-0.3, -0.25) is 0 Å². The minimum absolute atomic E-state index is 0.142. The number of hydrogen-bond donors (Lipinski definition) is 8. The first kappa shape index (κ1) is 33.2. The number of carbonyl (C=O) groups excluding carboxylic acids is 2. The fraction of sp³-hybridized carbons (Fsp3) is 0.533. The van der Waals surface area contributed by atoms with Crippen LogP contribution >= 0.6 is 0 Å². The molecule has 0 bridgehead atoms. The first-order valence-corrected chi connectivity index (χ1v) is 15.1. The Kier molecular flexibility index (Phi) is 13.5. The van der Waals surface area contributed by atoms with E-state index in [2.05, 4.69) is 11.5 Å². The predicted octanol–water partition coefficient (Wildman–Crippen LogP) is -9.58. The molecule has 4 unspecified atom stereocenters. The molecule has 1 saturated heterocycles. The maximum absolute atomic E-state index is 11.5. The van der Waals surface area contributed by atoms with Crippen LogP contribution in [0.5, 0.6) is 11.5 Å². The molecule has 1 fully saturated rings. The van der Waals surface area contributed by atoms with Gasteiger partial charge in [-0.15, -0.1) is 0 Å². The third-order valence-electron chi connectivity index (χ3n) is 8.22. The SMILES string of the molecule is [NH3+]CCc1ccc(O)c(C[NH+]2CC[NH+](CC(=O)[O-])CC[NH+](CC(=O)[O-])CC[NH+](Cc3cc(CC[NH3+])ccc3O)CC2)c1. The van der Waals surface area contributed by atoms with Gasteiger partial charge in [0.2, 0.25) is 0 Å². The summed E-state index contributed by atoms with van der Waals surface area (Å²) >= 11 is 0. The van der Waals surface area contributed by atoms with Gasteiger partial charge in [0.1, 0.15) is 90.0 Å². The first-order chi connectivity index (χ1) is 20.2. The van der Waals surface area contributed by atoms with Crippen molar-refractivity contribution in [2.45, 2.75) is 25.9 Å². The van der Waals surface area contributed by atoms with Gasteiger partial charge in [0.05, 0.1) is 25.0 Å². The average Bonchev–Trinajstić information content (AvgIpc) is 2.93. The summed E-state index contributed by atoms with van der Waals surface area (Å²) in [6.45, 7) is 7.43. The highest BCUT2D eigenvalue weighted by Crippen LogP contribution is 2.18. The van der Waals surface area contributed by atoms with E-state index >= 15 is 0 Å². The molecule has 12 nitrogen and oxygen atoms in total. The van der Waals surface area contributed by atoms with E-state index in [1.54, 1.807) is 12.1 Å². The quantitative estimate of drug-likeness (QED) is 0.121. The molecule has 1 heterocycles. The Hall–Kier alpha value is -3.26. The Bertz CT molecular complexity index is 1080. The lowest BCUT2D eigenvalue weighted by molar-refractivity contribution is -1.02. The van der Waals surface area contributed by atoms with Crippen LogP contribution in [0.4, 0.5) is 0 Å². The highest BCUT2D eigenvalue weighted by Gasteiger charge is 2.25. The van der Waals surface area contributed by atoms with Crippen molar-refractivity contribution in [3.63, 3.8) is 0 Å². The minimum Gasteiger partial charge on any atom is -0.544 e. The van der Waals surface area contributed by atoms with Crippen LogP contribution in [-0.2, 0) is 35.5 Å². The van der Waals surface area contributed by atoms with Gasteiger partial charge in [0.15, 0.2) is 0 Å². The number of nitrogens with one attached hydrogen (secondary N) is 4. The summed E-state index contributed by atoms with van der Waals surface area (Å²) in [5, 5.41) is 44.3. The molecular formula is C30H50N6O6+4. The van der Waals surface area contributed by atoms with Crippen molar-refractivity contribution in [3.05, 3.63) is 58.7 Å². The number of quaternary nitrogens is 6. The van der Waals surface area contributed by atoms with Crippen molar-refractivity contribution in [2.24, 2.45) is 0 Å². The molecule has 0 radical (unpaired) electrons. The zero-order chi connectivity index (χ0) is 30.5. The van der Waals surface area contributed by atoms with Gasteiger partial charge in [0.25, 0.3) is 0 Å². The monoisotopic (exact) mass is 590 g/mol. The van der Waals surface area contributed by atoms with Crippen molar-refractivity contribution in [2.75, 3.05) is 78.5 Å². The number of aromatic hydroxyl groups is 2. The van der Waals surface area contributed by atoms with E-state index in [0.717, 1.165) is 71.1 Å². The largest absolute Gasteiger partial charge is 0.544 e. The Labute approximate surface area is 247 Å². The third kappa shape index (κ3) is 11.2. The smallest absolute Gasteiger partial charge is 0.127 e. The zero-order valence-corrected chi connectivity index (χ0v) is 24.7. The lowest BCUT2D eigenvalue weighted by Gasteiger charge is -2.30. The van der Waals surface area contributed by atoms with Crippen molar-refractivity contribution >= 4 is 11.9 Å². The molecule has 232 valence electrons. The highest BCUT2D eigenvalue weighted by molar-refractivity contribution is 5.65. The fourth-order valence-electron chi connectivity index (χ4n) is 5.85. The maximum atomic E-state index is 11.5. The van der Waals surface area contributed by atoms with E-state index in [9.17, 15) is 30.0 Å². The van der Waals surface area contributed by atoms with Gasteiger partial charge < -0.3 is 61.1 Å². The Morgan fingerprint density at radius 3 is 1.26 bits per heavy atom.